The van der Waals surface area contributed by atoms with Crippen LogP contribution < -0.4 is 15.4 Å². The van der Waals surface area contributed by atoms with Crippen molar-refractivity contribution < 1.29 is 31.8 Å². The van der Waals surface area contributed by atoms with Crippen LogP contribution >= 0.6 is 0 Å². The monoisotopic (exact) mass is 733 g/mol. The van der Waals surface area contributed by atoms with Crippen LogP contribution in [0, 0.1) is 29.0 Å². The van der Waals surface area contributed by atoms with Crippen molar-refractivity contribution in [1.29, 1.82) is 5.26 Å². The highest BCUT2D eigenvalue weighted by molar-refractivity contribution is 5.94. The maximum atomic E-state index is 15.7. The van der Waals surface area contributed by atoms with Crippen LogP contribution in [-0.2, 0) is 37.0 Å². The van der Waals surface area contributed by atoms with Crippen molar-refractivity contribution in [3.05, 3.63) is 68.9 Å². The van der Waals surface area contributed by atoms with Gasteiger partial charge in [-0.3, -0.25) is 14.4 Å². The molecule has 3 aromatic rings. The second-order valence-corrected chi connectivity index (χ2v) is 14.2. The number of alkyl halides is 3. The van der Waals surface area contributed by atoms with Crippen molar-refractivity contribution in [2.24, 2.45) is 0 Å². The Bertz CT molecular complexity index is 2110. The molecular weight excluding hydrogens is 694 g/mol. The van der Waals surface area contributed by atoms with E-state index in [1.165, 1.54) is 11.8 Å². The largest absolute Gasteiger partial charge is 0.461 e. The Morgan fingerprint density at radius 1 is 1.23 bits per heavy atom. The number of carbonyl (C=O) groups excluding carboxylic acids is 1. The molecule has 7 rings (SSSR count). The smallest absolute Gasteiger partial charge is 0.418 e. The summed E-state index contributed by atoms with van der Waals surface area (Å²) in [5.41, 5.74) is 5.37. The molecule has 2 aromatic heterocycles. The lowest BCUT2D eigenvalue weighted by Gasteiger charge is -2.33. The first-order chi connectivity index (χ1) is 25.2. The lowest BCUT2D eigenvalue weighted by Crippen LogP contribution is -2.43. The van der Waals surface area contributed by atoms with Crippen LogP contribution in [0.1, 0.15) is 88.4 Å². The van der Waals surface area contributed by atoms with E-state index < -0.39 is 46.4 Å². The summed E-state index contributed by atoms with van der Waals surface area (Å²) >= 11 is 0. The molecule has 1 amide bonds. The molecule has 0 aliphatic carbocycles. The minimum atomic E-state index is -4.96. The predicted octanol–water partition coefficient (Wildman–Crippen LogP) is 4.76. The fourth-order valence-electron chi connectivity index (χ4n) is 8.10. The number of nitriles is 1. The van der Waals surface area contributed by atoms with E-state index in [4.69, 9.17) is 25.2 Å². The SMILES string of the molecule is C=C1CN2CCC[C@@]2(COc2nc3c(c(N4CCCn5nc(C(=O)N(C)C)c(C#N)c5C4)n2)CO[C@@H](c2c(F)c(N)cc(C#CC)c2C(F)(F)F)C3)C1. The zero-order chi connectivity index (χ0) is 37.8. The van der Waals surface area contributed by atoms with Crippen molar-refractivity contribution in [1.82, 2.24) is 29.5 Å². The van der Waals surface area contributed by atoms with Gasteiger partial charge in [-0.1, -0.05) is 18.1 Å². The maximum Gasteiger partial charge on any atom is 0.418 e. The molecule has 12 nitrogen and oxygen atoms in total. The van der Waals surface area contributed by atoms with Gasteiger partial charge in [-0.25, -0.2) is 4.39 Å². The Morgan fingerprint density at radius 2 is 2.02 bits per heavy atom. The van der Waals surface area contributed by atoms with Crippen LogP contribution in [0.5, 0.6) is 6.01 Å². The van der Waals surface area contributed by atoms with Crippen LogP contribution in [0.15, 0.2) is 18.2 Å². The molecule has 16 heteroatoms. The molecule has 2 fully saturated rings. The summed E-state index contributed by atoms with van der Waals surface area (Å²) in [6.07, 6.45) is -3.38. The number of nitrogen functional groups attached to an aromatic ring is 1. The van der Waals surface area contributed by atoms with Gasteiger partial charge in [0.15, 0.2) is 11.5 Å². The molecule has 0 saturated carbocycles. The molecule has 0 bridgehead atoms. The fraction of sp³-hybridized carbons (Fsp3) is 0.486. The normalized spacial score (nSPS) is 21.2. The summed E-state index contributed by atoms with van der Waals surface area (Å²) in [6, 6.07) is 3.06. The van der Waals surface area contributed by atoms with Gasteiger partial charge in [-0.05, 0) is 45.2 Å². The second-order valence-electron chi connectivity index (χ2n) is 14.2. The molecule has 2 saturated heterocycles. The van der Waals surface area contributed by atoms with Gasteiger partial charge in [0.1, 0.15) is 24.1 Å². The number of ether oxygens (including phenoxy) is 2. The number of hydrogen-bond acceptors (Lipinski definition) is 10. The number of aryl methyl sites for hydroxylation is 1. The van der Waals surface area contributed by atoms with Gasteiger partial charge < -0.3 is 25.0 Å². The first-order valence-electron chi connectivity index (χ1n) is 17.4. The number of nitrogens with two attached hydrogens (primary N) is 1. The maximum absolute atomic E-state index is 15.7. The average molecular weight is 734 g/mol. The quantitative estimate of drug-likeness (QED) is 0.164. The Kier molecular flexibility index (Phi) is 9.32. The number of rotatable bonds is 6. The van der Waals surface area contributed by atoms with Crippen LogP contribution in [-0.4, -0.2) is 81.3 Å². The number of carbonyl (C=O) groups is 1. The van der Waals surface area contributed by atoms with E-state index in [9.17, 15) is 23.2 Å². The summed E-state index contributed by atoms with van der Waals surface area (Å²) in [6.45, 7) is 8.31. The number of anilines is 2. The third-order valence-corrected chi connectivity index (χ3v) is 10.5. The highest BCUT2D eigenvalue weighted by Gasteiger charge is 2.47. The minimum absolute atomic E-state index is 0.0153. The van der Waals surface area contributed by atoms with Gasteiger partial charge in [0.25, 0.3) is 5.91 Å². The van der Waals surface area contributed by atoms with E-state index in [0.29, 0.717) is 42.3 Å². The van der Waals surface area contributed by atoms with E-state index in [1.54, 1.807) is 18.8 Å². The van der Waals surface area contributed by atoms with Crippen LogP contribution in [0.3, 0.4) is 0 Å². The van der Waals surface area contributed by atoms with Crippen molar-refractivity contribution in [2.45, 2.75) is 76.5 Å². The van der Waals surface area contributed by atoms with E-state index in [0.717, 1.165) is 44.0 Å². The molecule has 0 unspecified atom stereocenters. The van der Waals surface area contributed by atoms with Gasteiger partial charge in [0.05, 0.1) is 47.4 Å². The average Bonchev–Trinajstić information content (AvgIpc) is 3.70. The lowest BCUT2D eigenvalue weighted by atomic mass is 9.90. The zero-order valence-electron chi connectivity index (χ0n) is 29.7. The summed E-state index contributed by atoms with van der Waals surface area (Å²) < 4.78 is 73.7. The highest BCUT2D eigenvalue weighted by Crippen LogP contribution is 2.45. The summed E-state index contributed by atoms with van der Waals surface area (Å²) in [4.78, 5) is 28.1. The van der Waals surface area contributed by atoms with E-state index in [2.05, 4.69) is 34.5 Å². The van der Waals surface area contributed by atoms with E-state index >= 15 is 4.39 Å². The number of aromatic nitrogens is 4. The first kappa shape index (κ1) is 36.2. The van der Waals surface area contributed by atoms with Crippen LogP contribution in [0.2, 0.25) is 0 Å². The third kappa shape index (κ3) is 6.44. The molecule has 0 radical (unpaired) electrons. The number of amides is 1. The molecule has 4 aliphatic rings. The standard InChI is InChI=1S/C37H39F4N9O3/c1-5-8-22-13-25(43)31(38)29(30(22)37(39,40)41)28-14-26-24(19-52-28)33(45-35(44-26)53-20-36-9-6-11-49(36)17-21(2)15-36)48-10-7-12-50-27(18-48)23(16-42)32(46-50)34(51)47(3)4/h13,28H,2,6-7,9-12,14-15,17-20,43H2,1,3-4H3/t28-,36+/m1/s1. The van der Waals surface area contributed by atoms with Crippen LogP contribution in [0.25, 0.3) is 0 Å². The van der Waals surface area contributed by atoms with Crippen molar-refractivity contribution in [3.8, 4) is 23.9 Å². The fourth-order valence-corrected chi connectivity index (χ4v) is 8.10. The number of hydrogen-bond donors (Lipinski definition) is 1. The number of halogens is 4. The molecule has 0 spiro atoms. The van der Waals surface area contributed by atoms with Crippen molar-refractivity contribution >= 4 is 17.4 Å². The van der Waals surface area contributed by atoms with Crippen LogP contribution in [0.4, 0.5) is 29.1 Å². The molecule has 2 N–H and O–H groups in total. The minimum Gasteiger partial charge on any atom is -0.461 e. The second kappa shape index (κ2) is 13.7. The third-order valence-electron chi connectivity index (χ3n) is 10.5. The summed E-state index contributed by atoms with van der Waals surface area (Å²) in [5, 5.41) is 14.6. The van der Waals surface area contributed by atoms with E-state index in [-0.39, 0.29) is 49.0 Å². The molecule has 2 atom stereocenters. The molecule has 278 valence electrons. The van der Waals surface area contributed by atoms with Gasteiger partial charge >= 0.3 is 12.2 Å². The molecule has 4 aliphatic heterocycles. The van der Waals surface area contributed by atoms with Crippen molar-refractivity contribution in [3.63, 3.8) is 0 Å². The summed E-state index contributed by atoms with van der Waals surface area (Å²) in [5.74, 6) is 3.66. The molecule has 1 aromatic carbocycles. The molecular formula is C37H39F4N9O3. The first-order valence-corrected chi connectivity index (χ1v) is 17.4. The number of benzene rings is 1. The highest BCUT2D eigenvalue weighted by atomic mass is 19.4. The van der Waals surface area contributed by atoms with Crippen molar-refractivity contribution in [2.75, 3.05) is 51.0 Å². The number of fused-ring (bicyclic) bond motifs is 3. The Morgan fingerprint density at radius 3 is 2.74 bits per heavy atom. The van der Waals surface area contributed by atoms with E-state index in [1.807, 2.05) is 4.90 Å². The predicted molar refractivity (Wildman–Crippen MR) is 185 cm³/mol. The molecule has 53 heavy (non-hydrogen) atoms. The summed E-state index contributed by atoms with van der Waals surface area (Å²) in [7, 11) is 3.17. The van der Waals surface area contributed by atoms with Gasteiger partial charge in [0.2, 0.25) is 0 Å². The van der Waals surface area contributed by atoms with Gasteiger partial charge in [-0.2, -0.15) is 33.5 Å². The molecule has 6 heterocycles. The lowest BCUT2D eigenvalue weighted by molar-refractivity contribution is -0.140. The zero-order valence-corrected chi connectivity index (χ0v) is 29.7. The Hall–Kier alpha value is -5.19. The Labute approximate surface area is 304 Å². The topological polar surface area (TPSA) is 139 Å². The number of nitrogens with zero attached hydrogens (tertiary/aromatic N) is 8. The van der Waals surface area contributed by atoms with Gasteiger partial charge in [-0.15, -0.1) is 5.92 Å². The Balaban J connectivity index is 1.31. The van der Waals surface area contributed by atoms with Gasteiger partial charge in [0, 0.05) is 56.8 Å².